The smallest absolute Gasteiger partial charge is 0.269 e. The van der Waals surface area contributed by atoms with Crippen LogP contribution < -0.4 is 9.80 Å². The lowest BCUT2D eigenvalue weighted by Crippen LogP contribution is -2.56. The Morgan fingerprint density at radius 2 is 1.58 bits per heavy atom. The van der Waals surface area contributed by atoms with Crippen molar-refractivity contribution < 1.29 is 9.59 Å². The molecule has 156 valence electrons. The molecule has 1 spiro atoms. The minimum Gasteiger partial charge on any atom is -0.304 e. The van der Waals surface area contributed by atoms with Gasteiger partial charge in [-0.2, -0.15) is 0 Å². The average molecular weight is 429 g/mol. The highest BCUT2D eigenvalue weighted by Gasteiger charge is 2.58. The van der Waals surface area contributed by atoms with Gasteiger partial charge in [-0.1, -0.05) is 54.6 Å². The van der Waals surface area contributed by atoms with Gasteiger partial charge in [0, 0.05) is 23.4 Å². The predicted molar refractivity (Wildman–Crippen MR) is 126 cm³/mol. The molecular formula is C26H24N2O2S. The van der Waals surface area contributed by atoms with Gasteiger partial charge < -0.3 is 4.90 Å². The topological polar surface area (TPSA) is 40.6 Å². The molecule has 1 fully saturated rings. The number of carbonyl (C=O) groups excluding carboxylic acids is 2. The Bertz CT molecular complexity index is 1160. The van der Waals surface area contributed by atoms with E-state index in [1.807, 2.05) is 85.5 Å². The monoisotopic (exact) mass is 428 g/mol. The second-order valence-electron chi connectivity index (χ2n) is 8.21. The number of fused-ring (bicyclic) bond motifs is 2. The van der Waals surface area contributed by atoms with Crippen molar-refractivity contribution in [2.45, 2.75) is 31.7 Å². The summed E-state index contributed by atoms with van der Waals surface area (Å²) in [5, 5.41) is 0. The average Bonchev–Trinajstić information content (AvgIpc) is 2.97. The number of para-hydroxylation sites is 1. The van der Waals surface area contributed by atoms with Crippen molar-refractivity contribution in [2.24, 2.45) is 0 Å². The van der Waals surface area contributed by atoms with E-state index in [0.717, 1.165) is 33.6 Å². The van der Waals surface area contributed by atoms with Crippen LogP contribution in [0.1, 0.15) is 28.7 Å². The number of nitrogens with zero attached hydrogens (tertiary/aromatic N) is 2. The van der Waals surface area contributed by atoms with E-state index in [0.29, 0.717) is 18.7 Å². The Morgan fingerprint density at radius 3 is 2.32 bits per heavy atom. The molecule has 0 aromatic heterocycles. The van der Waals surface area contributed by atoms with Gasteiger partial charge in [0.1, 0.15) is 0 Å². The lowest BCUT2D eigenvalue weighted by molar-refractivity contribution is -0.125. The highest BCUT2D eigenvalue weighted by molar-refractivity contribution is 8.01. The Morgan fingerprint density at radius 1 is 0.903 bits per heavy atom. The van der Waals surface area contributed by atoms with Crippen LogP contribution in [0.15, 0.2) is 72.8 Å². The van der Waals surface area contributed by atoms with Crippen LogP contribution in [0.5, 0.6) is 0 Å². The molecule has 1 atom stereocenters. The fraction of sp³-hybridized carbons (Fsp3) is 0.231. The largest absolute Gasteiger partial charge is 0.304 e. The molecule has 0 saturated carbocycles. The van der Waals surface area contributed by atoms with E-state index >= 15 is 0 Å². The first-order chi connectivity index (χ1) is 15.0. The van der Waals surface area contributed by atoms with Crippen molar-refractivity contribution in [2.75, 3.05) is 15.6 Å². The van der Waals surface area contributed by atoms with Crippen molar-refractivity contribution in [1.82, 2.24) is 0 Å². The minimum atomic E-state index is -1.07. The number of benzene rings is 3. The van der Waals surface area contributed by atoms with Gasteiger partial charge in [-0.15, -0.1) is 11.8 Å². The molecule has 5 heteroatoms. The van der Waals surface area contributed by atoms with Crippen LogP contribution in [0.25, 0.3) is 0 Å². The highest BCUT2D eigenvalue weighted by atomic mass is 32.2. The quantitative estimate of drug-likeness (QED) is 0.578. The number of hydrogen-bond acceptors (Lipinski definition) is 3. The number of thioether (sulfide) groups is 1. The summed E-state index contributed by atoms with van der Waals surface area (Å²) in [6.45, 7) is 4.53. The van der Waals surface area contributed by atoms with E-state index in [-0.39, 0.29) is 11.8 Å². The molecule has 0 radical (unpaired) electrons. The fourth-order valence-electron chi connectivity index (χ4n) is 4.73. The van der Waals surface area contributed by atoms with Gasteiger partial charge in [-0.25, -0.2) is 0 Å². The maximum Gasteiger partial charge on any atom is 0.269 e. The third-order valence-corrected chi connectivity index (χ3v) is 7.34. The van der Waals surface area contributed by atoms with E-state index in [4.69, 9.17) is 0 Å². The van der Waals surface area contributed by atoms with Gasteiger partial charge in [0.05, 0.1) is 12.2 Å². The molecule has 4 nitrogen and oxygen atoms in total. The summed E-state index contributed by atoms with van der Waals surface area (Å²) in [7, 11) is 0. The Hall–Kier alpha value is -3.05. The van der Waals surface area contributed by atoms with Crippen LogP contribution in [-0.2, 0) is 21.0 Å². The molecule has 1 saturated heterocycles. The highest BCUT2D eigenvalue weighted by Crippen LogP contribution is 2.55. The van der Waals surface area contributed by atoms with E-state index in [1.165, 1.54) is 0 Å². The van der Waals surface area contributed by atoms with E-state index in [2.05, 4.69) is 6.07 Å². The third-order valence-electron chi connectivity index (χ3n) is 5.93. The number of anilines is 2. The summed E-state index contributed by atoms with van der Waals surface area (Å²) in [5.41, 5.74) is 5.79. The SMILES string of the molecule is Cc1cc(C)cc(N2C(=O)CCS[C@]23C(=O)N(Cc2ccccc2)c2ccccc23)c1. The summed E-state index contributed by atoms with van der Waals surface area (Å²) in [5.74, 6) is 0.572. The van der Waals surface area contributed by atoms with Crippen LogP contribution >= 0.6 is 11.8 Å². The van der Waals surface area contributed by atoms with Gasteiger partial charge in [-0.05, 0) is 48.7 Å². The van der Waals surface area contributed by atoms with Crippen molar-refractivity contribution >= 4 is 35.0 Å². The molecule has 31 heavy (non-hydrogen) atoms. The maximum atomic E-state index is 14.2. The van der Waals surface area contributed by atoms with Crippen LogP contribution in [0.3, 0.4) is 0 Å². The molecule has 0 unspecified atom stereocenters. The van der Waals surface area contributed by atoms with E-state index in [1.54, 1.807) is 16.7 Å². The normalized spacial score (nSPS) is 20.5. The first kappa shape index (κ1) is 19.9. The fourth-order valence-corrected chi connectivity index (χ4v) is 6.20. The predicted octanol–water partition coefficient (Wildman–Crippen LogP) is 5.17. The molecule has 2 aliphatic heterocycles. The van der Waals surface area contributed by atoms with Crippen molar-refractivity contribution in [1.29, 1.82) is 0 Å². The van der Waals surface area contributed by atoms with Gasteiger partial charge in [0.15, 0.2) is 0 Å². The van der Waals surface area contributed by atoms with Crippen molar-refractivity contribution in [3.63, 3.8) is 0 Å². The molecule has 2 aliphatic rings. The Balaban J connectivity index is 1.68. The molecule has 3 aromatic rings. The number of hydrogen-bond donors (Lipinski definition) is 0. The van der Waals surface area contributed by atoms with E-state index < -0.39 is 4.87 Å². The van der Waals surface area contributed by atoms with E-state index in [9.17, 15) is 9.59 Å². The molecule has 0 aliphatic carbocycles. The second-order valence-corrected chi connectivity index (χ2v) is 9.50. The summed E-state index contributed by atoms with van der Waals surface area (Å²) < 4.78 is 0. The van der Waals surface area contributed by atoms with Crippen LogP contribution in [0.4, 0.5) is 11.4 Å². The zero-order valence-electron chi connectivity index (χ0n) is 17.7. The minimum absolute atomic E-state index is 0.00605. The Labute approximate surface area is 186 Å². The zero-order chi connectivity index (χ0) is 21.6. The summed E-state index contributed by atoms with van der Waals surface area (Å²) in [6, 6.07) is 24.0. The van der Waals surface area contributed by atoms with Gasteiger partial charge in [-0.3, -0.25) is 14.5 Å². The summed E-state index contributed by atoms with van der Waals surface area (Å²) in [6.07, 6.45) is 0.424. The van der Waals surface area contributed by atoms with Crippen molar-refractivity contribution in [3.8, 4) is 0 Å². The lowest BCUT2D eigenvalue weighted by atomic mass is 10.0. The van der Waals surface area contributed by atoms with Crippen LogP contribution in [0.2, 0.25) is 0 Å². The van der Waals surface area contributed by atoms with Crippen LogP contribution in [0, 0.1) is 13.8 Å². The second kappa shape index (κ2) is 7.57. The van der Waals surface area contributed by atoms with Crippen molar-refractivity contribution in [3.05, 3.63) is 95.1 Å². The summed E-state index contributed by atoms with van der Waals surface area (Å²) in [4.78, 5) is 30.0. The summed E-state index contributed by atoms with van der Waals surface area (Å²) >= 11 is 1.57. The third kappa shape index (κ3) is 3.15. The number of rotatable bonds is 3. The van der Waals surface area contributed by atoms with Gasteiger partial charge in [0.25, 0.3) is 5.91 Å². The molecule has 2 amide bonds. The first-order valence-corrected chi connectivity index (χ1v) is 11.5. The van der Waals surface area contributed by atoms with Crippen LogP contribution in [-0.4, -0.2) is 17.6 Å². The molecule has 2 heterocycles. The number of amides is 2. The first-order valence-electron chi connectivity index (χ1n) is 10.5. The Kier molecular flexibility index (Phi) is 4.86. The maximum absolute atomic E-state index is 14.2. The molecule has 0 bridgehead atoms. The van der Waals surface area contributed by atoms with Gasteiger partial charge in [0.2, 0.25) is 10.8 Å². The standard InChI is InChI=1S/C26H24N2O2S/c1-18-14-19(2)16-21(15-18)28-24(29)12-13-31-26(28)22-10-6-7-11-23(22)27(25(26)30)17-20-8-4-3-5-9-20/h3-11,14-16H,12-13,17H2,1-2H3/t26-/m1/s1. The zero-order valence-corrected chi connectivity index (χ0v) is 18.5. The number of carbonyl (C=O) groups is 2. The molecule has 5 rings (SSSR count). The molecule has 0 N–H and O–H groups in total. The molecular weight excluding hydrogens is 404 g/mol. The molecule has 3 aromatic carbocycles. The number of aryl methyl sites for hydroxylation is 2. The van der Waals surface area contributed by atoms with Gasteiger partial charge >= 0.3 is 0 Å². The lowest BCUT2D eigenvalue weighted by Gasteiger charge is -2.43.